The van der Waals surface area contributed by atoms with Gasteiger partial charge in [-0.05, 0) is 28.8 Å². The topological polar surface area (TPSA) is 38.7 Å². The highest BCUT2D eigenvalue weighted by molar-refractivity contribution is 9.10. The van der Waals surface area contributed by atoms with Crippen LogP contribution in [0.5, 0.6) is 11.5 Å². The van der Waals surface area contributed by atoms with Gasteiger partial charge in [-0.1, -0.05) is 0 Å². The summed E-state index contributed by atoms with van der Waals surface area (Å²) in [7, 11) is 0. The minimum atomic E-state index is -1.06. The van der Waals surface area contributed by atoms with Gasteiger partial charge in [-0.3, -0.25) is 0 Å². The average molecular weight is 275 g/mol. The second-order valence-corrected chi connectivity index (χ2v) is 4.67. The van der Waals surface area contributed by atoms with Crippen LogP contribution in [0.2, 0.25) is 0 Å². The molecule has 0 amide bonds. The summed E-state index contributed by atoms with van der Waals surface area (Å²) in [5.41, 5.74) is -0.838. The van der Waals surface area contributed by atoms with E-state index in [4.69, 9.17) is 9.47 Å². The Labute approximate surface area is 93.9 Å². The molecule has 0 spiro atoms. The predicted molar refractivity (Wildman–Crippen MR) is 53.4 cm³/mol. The maximum atomic E-state index is 13.9. The van der Waals surface area contributed by atoms with E-state index in [0.29, 0.717) is 28.8 Å². The molecule has 1 fully saturated rings. The van der Waals surface area contributed by atoms with Crippen molar-refractivity contribution in [2.24, 2.45) is 0 Å². The summed E-state index contributed by atoms with van der Waals surface area (Å²) >= 11 is 3.10. The number of hydrogen-bond donors (Lipinski definition) is 1. The number of ether oxygens (including phenoxy) is 2. The Morgan fingerprint density at radius 3 is 2.80 bits per heavy atom. The zero-order chi connectivity index (χ0) is 10.6. The van der Waals surface area contributed by atoms with Crippen molar-refractivity contribution >= 4 is 15.9 Å². The number of halogens is 2. The molecule has 1 aromatic rings. The fourth-order valence-corrected chi connectivity index (χ4v) is 2.18. The molecule has 1 N–H and O–H groups in total. The molecule has 1 aliphatic heterocycles. The van der Waals surface area contributed by atoms with Crippen LogP contribution in [-0.2, 0) is 5.60 Å². The van der Waals surface area contributed by atoms with Crippen LogP contribution in [0.4, 0.5) is 4.39 Å². The fraction of sp³-hybridized carbons (Fsp3) is 0.400. The monoisotopic (exact) mass is 274 g/mol. The van der Waals surface area contributed by atoms with Crippen molar-refractivity contribution in [2.75, 3.05) is 6.79 Å². The summed E-state index contributed by atoms with van der Waals surface area (Å²) in [6.45, 7) is 0.0777. The van der Waals surface area contributed by atoms with Crippen LogP contribution >= 0.6 is 15.9 Å². The van der Waals surface area contributed by atoms with Crippen molar-refractivity contribution < 1.29 is 19.0 Å². The van der Waals surface area contributed by atoms with Crippen LogP contribution in [0.1, 0.15) is 18.4 Å². The zero-order valence-electron chi connectivity index (χ0n) is 7.72. The Bertz CT molecular complexity index is 443. The number of hydrogen-bond acceptors (Lipinski definition) is 3. The first kappa shape index (κ1) is 9.42. The van der Waals surface area contributed by atoms with Crippen molar-refractivity contribution in [3.05, 3.63) is 21.9 Å². The van der Waals surface area contributed by atoms with E-state index < -0.39 is 11.4 Å². The van der Waals surface area contributed by atoms with Gasteiger partial charge in [0.2, 0.25) is 6.79 Å². The van der Waals surface area contributed by atoms with Crippen molar-refractivity contribution in [3.63, 3.8) is 0 Å². The van der Waals surface area contributed by atoms with Gasteiger partial charge in [0.1, 0.15) is 5.82 Å². The molecule has 15 heavy (non-hydrogen) atoms. The molecule has 2 aliphatic rings. The molecule has 1 saturated carbocycles. The van der Waals surface area contributed by atoms with Gasteiger partial charge in [0.25, 0.3) is 0 Å². The molecular weight excluding hydrogens is 267 g/mol. The second kappa shape index (κ2) is 2.86. The maximum absolute atomic E-state index is 13.9. The third-order valence-electron chi connectivity index (χ3n) is 2.74. The van der Waals surface area contributed by atoms with Crippen LogP contribution in [0.25, 0.3) is 0 Å². The van der Waals surface area contributed by atoms with Gasteiger partial charge >= 0.3 is 0 Å². The summed E-state index contributed by atoms with van der Waals surface area (Å²) in [4.78, 5) is 0. The molecule has 0 saturated heterocycles. The summed E-state index contributed by atoms with van der Waals surface area (Å²) in [5.74, 6) is 0.369. The third kappa shape index (κ3) is 1.26. The molecule has 0 unspecified atom stereocenters. The van der Waals surface area contributed by atoms with Crippen molar-refractivity contribution in [3.8, 4) is 11.5 Å². The van der Waals surface area contributed by atoms with Crippen LogP contribution in [0.15, 0.2) is 10.5 Å². The highest BCUT2D eigenvalue weighted by Gasteiger charge is 2.48. The Morgan fingerprint density at radius 1 is 1.40 bits per heavy atom. The van der Waals surface area contributed by atoms with E-state index in [9.17, 15) is 9.50 Å². The minimum absolute atomic E-state index is 0.0777. The Morgan fingerprint density at radius 2 is 2.13 bits per heavy atom. The molecule has 1 aromatic carbocycles. The summed E-state index contributed by atoms with van der Waals surface area (Å²) in [6.07, 6.45) is 1.13. The molecule has 0 radical (unpaired) electrons. The molecule has 80 valence electrons. The van der Waals surface area contributed by atoms with Gasteiger partial charge in [-0.2, -0.15) is 0 Å². The molecular formula is C10H8BrFO3. The van der Waals surface area contributed by atoms with E-state index >= 15 is 0 Å². The molecule has 3 nitrogen and oxygen atoms in total. The van der Waals surface area contributed by atoms with E-state index in [1.54, 1.807) is 0 Å². The SMILES string of the molecule is OC1(c2c(F)c(Br)cc3c2OCO3)CC1. The van der Waals surface area contributed by atoms with E-state index in [0.717, 1.165) is 0 Å². The normalized spacial score (nSPS) is 20.5. The quantitative estimate of drug-likeness (QED) is 0.854. The number of rotatable bonds is 1. The molecule has 0 atom stereocenters. The second-order valence-electron chi connectivity index (χ2n) is 3.81. The van der Waals surface area contributed by atoms with Crippen LogP contribution in [0, 0.1) is 5.82 Å². The summed E-state index contributed by atoms with van der Waals surface area (Å²) < 4.78 is 24.5. The van der Waals surface area contributed by atoms with Crippen LogP contribution in [-0.4, -0.2) is 11.9 Å². The van der Waals surface area contributed by atoms with Gasteiger partial charge in [0, 0.05) is 6.07 Å². The van der Waals surface area contributed by atoms with Gasteiger partial charge in [-0.25, -0.2) is 4.39 Å². The first-order valence-corrected chi connectivity index (χ1v) is 5.41. The van der Waals surface area contributed by atoms with E-state index in [2.05, 4.69) is 15.9 Å². The highest BCUT2D eigenvalue weighted by Crippen LogP contribution is 2.54. The summed E-state index contributed by atoms with van der Waals surface area (Å²) in [5, 5.41) is 9.97. The summed E-state index contributed by atoms with van der Waals surface area (Å²) in [6, 6.07) is 1.52. The zero-order valence-corrected chi connectivity index (χ0v) is 9.30. The Hall–Kier alpha value is -0.810. The lowest BCUT2D eigenvalue weighted by molar-refractivity contribution is 0.136. The smallest absolute Gasteiger partial charge is 0.231 e. The molecule has 1 aliphatic carbocycles. The standard InChI is InChI=1S/C10H8BrFO3/c11-5-3-6-9(15-4-14-6)7(8(5)12)10(13)1-2-10/h3,13H,1-2,4H2. The lowest BCUT2D eigenvalue weighted by Gasteiger charge is -2.13. The van der Waals surface area contributed by atoms with Gasteiger partial charge in [0.15, 0.2) is 11.5 Å². The van der Waals surface area contributed by atoms with Crippen LogP contribution in [0.3, 0.4) is 0 Å². The van der Waals surface area contributed by atoms with Crippen molar-refractivity contribution in [1.82, 2.24) is 0 Å². The first-order chi connectivity index (χ1) is 7.12. The van der Waals surface area contributed by atoms with E-state index in [1.165, 1.54) is 6.07 Å². The van der Waals surface area contributed by atoms with Gasteiger partial charge in [0.05, 0.1) is 15.6 Å². The predicted octanol–water partition coefficient (Wildman–Crippen LogP) is 2.30. The third-order valence-corrected chi connectivity index (χ3v) is 3.32. The van der Waals surface area contributed by atoms with Crippen LogP contribution < -0.4 is 9.47 Å². The number of benzene rings is 1. The largest absolute Gasteiger partial charge is 0.454 e. The average Bonchev–Trinajstić information content (AvgIpc) is 2.76. The first-order valence-electron chi connectivity index (χ1n) is 4.62. The minimum Gasteiger partial charge on any atom is -0.454 e. The van der Waals surface area contributed by atoms with Crippen molar-refractivity contribution in [2.45, 2.75) is 18.4 Å². The van der Waals surface area contributed by atoms with Crippen molar-refractivity contribution in [1.29, 1.82) is 0 Å². The molecule has 1 heterocycles. The molecule has 0 aromatic heterocycles. The number of aliphatic hydroxyl groups is 1. The lowest BCUT2D eigenvalue weighted by Crippen LogP contribution is -2.09. The molecule has 0 bridgehead atoms. The van der Waals surface area contributed by atoms with E-state index in [1.807, 2.05) is 0 Å². The maximum Gasteiger partial charge on any atom is 0.231 e. The fourth-order valence-electron chi connectivity index (χ4n) is 1.77. The van der Waals surface area contributed by atoms with Gasteiger partial charge < -0.3 is 14.6 Å². The molecule has 5 heteroatoms. The Balaban J connectivity index is 2.26. The highest BCUT2D eigenvalue weighted by atomic mass is 79.9. The lowest BCUT2D eigenvalue weighted by atomic mass is 10.1. The molecule has 3 rings (SSSR count). The Kier molecular flexibility index (Phi) is 1.79. The number of fused-ring (bicyclic) bond motifs is 1. The van der Waals surface area contributed by atoms with Gasteiger partial charge in [-0.15, -0.1) is 0 Å². The van der Waals surface area contributed by atoms with E-state index in [-0.39, 0.29) is 12.4 Å².